The smallest absolute Gasteiger partial charge is 0.142 e. The lowest BCUT2D eigenvalue weighted by Crippen LogP contribution is -2.17. The number of phenols is 2. The highest BCUT2D eigenvalue weighted by Gasteiger charge is 2.27. The summed E-state index contributed by atoms with van der Waals surface area (Å²) in [5.74, 6) is 0.573. The van der Waals surface area contributed by atoms with Gasteiger partial charge in [-0.1, -0.05) is 141 Å². The third kappa shape index (κ3) is 8.38. The number of phenolic OH excluding ortho intramolecular Hbond substituents is 2. The molecule has 0 amide bonds. The van der Waals surface area contributed by atoms with Gasteiger partial charge >= 0.3 is 0 Å². The predicted molar refractivity (Wildman–Crippen MR) is 202 cm³/mol. The van der Waals surface area contributed by atoms with Crippen molar-refractivity contribution in [1.82, 2.24) is 0 Å². The number of aromatic hydroxyl groups is 2. The second-order valence-corrected chi connectivity index (χ2v) is 18.5. The number of para-hydroxylation sites is 2. The van der Waals surface area contributed by atoms with Crippen molar-refractivity contribution in [2.24, 2.45) is 0 Å². The topological polar surface area (TPSA) is 64.5 Å². The SMILES string of the molecule is CC(C)(C)c1cc(Nc2ccccc2SSc2ccccc2Nc2cc(C(C)(C)C)cc(C(C)(C)C)c2O)c(O)c(C(C)(C)C)c1. The van der Waals surface area contributed by atoms with Crippen molar-refractivity contribution in [1.29, 1.82) is 0 Å². The summed E-state index contributed by atoms with van der Waals surface area (Å²) in [5, 5.41) is 30.0. The maximum atomic E-state index is 11.4. The maximum Gasteiger partial charge on any atom is 0.142 e. The molecule has 0 saturated heterocycles. The van der Waals surface area contributed by atoms with E-state index < -0.39 is 0 Å². The highest BCUT2D eigenvalue weighted by Crippen LogP contribution is 2.48. The summed E-state index contributed by atoms with van der Waals surface area (Å²) in [7, 11) is 3.32. The molecule has 0 saturated carbocycles. The van der Waals surface area contributed by atoms with Crippen LogP contribution < -0.4 is 10.6 Å². The van der Waals surface area contributed by atoms with Crippen LogP contribution in [0.25, 0.3) is 0 Å². The molecule has 0 atom stereocenters. The molecule has 46 heavy (non-hydrogen) atoms. The Labute approximate surface area is 285 Å². The van der Waals surface area contributed by atoms with Gasteiger partial charge in [-0.2, -0.15) is 0 Å². The highest BCUT2D eigenvalue weighted by atomic mass is 33.1. The third-order valence-corrected chi connectivity index (χ3v) is 10.6. The Morgan fingerprint density at radius 1 is 0.435 bits per heavy atom. The number of nitrogens with one attached hydrogen (secondary N) is 2. The van der Waals surface area contributed by atoms with Crippen LogP contribution in [0.4, 0.5) is 22.7 Å². The molecule has 0 heterocycles. The first-order valence-electron chi connectivity index (χ1n) is 16.0. The molecule has 0 aliphatic carbocycles. The molecule has 0 radical (unpaired) electrons. The van der Waals surface area contributed by atoms with Crippen LogP contribution in [0.2, 0.25) is 0 Å². The van der Waals surface area contributed by atoms with Crippen LogP contribution in [0.5, 0.6) is 11.5 Å². The monoisotopic (exact) mass is 656 g/mol. The predicted octanol–water partition coefficient (Wildman–Crippen LogP) is 12.6. The van der Waals surface area contributed by atoms with Gasteiger partial charge in [0.05, 0.1) is 22.7 Å². The molecule has 0 aliphatic heterocycles. The molecule has 0 bridgehead atoms. The van der Waals surface area contributed by atoms with E-state index in [0.717, 1.165) is 32.3 Å². The zero-order valence-electron chi connectivity index (χ0n) is 29.6. The molecule has 0 unspecified atom stereocenters. The fourth-order valence-electron chi connectivity index (χ4n) is 5.13. The van der Waals surface area contributed by atoms with Crippen molar-refractivity contribution in [3.8, 4) is 11.5 Å². The van der Waals surface area contributed by atoms with Crippen LogP contribution in [0, 0.1) is 0 Å². The number of hydrogen-bond acceptors (Lipinski definition) is 6. The molecule has 4 N–H and O–H groups in total. The molecular formula is C40H52N2O2S2. The highest BCUT2D eigenvalue weighted by molar-refractivity contribution is 8.76. The van der Waals surface area contributed by atoms with E-state index in [9.17, 15) is 10.2 Å². The van der Waals surface area contributed by atoms with Gasteiger partial charge in [0, 0.05) is 20.9 Å². The standard InChI is InChI=1S/C40H52N2O2S2/c1-37(2,3)25-21-27(39(7,8)9)35(43)31(23-25)41-29-17-13-15-19-33(29)45-46-34-20-16-14-18-30(34)42-32-24-26(38(4,5)6)22-28(36(32)44)40(10,11)12/h13-24,41-44H,1-12H3. The fourth-order valence-corrected chi connectivity index (χ4v) is 7.41. The average Bonchev–Trinajstić information content (AvgIpc) is 2.92. The molecule has 0 aromatic heterocycles. The second kappa shape index (κ2) is 13.1. The van der Waals surface area contributed by atoms with Crippen molar-refractivity contribution in [3.05, 3.63) is 95.1 Å². The lowest BCUT2D eigenvalue weighted by molar-refractivity contribution is 0.446. The quantitative estimate of drug-likeness (QED) is 0.117. The lowest BCUT2D eigenvalue weighted by atomic mass is 9.79. The Bertz CT molecular complexity index is 1570. The normalized spacial score (nSPS) is 12.7. The van der Waals surface area contributed by atoms with E-state index in [1.807, 2.05) is 24.3 Å². The summed E-state index contributed by atoms with van der Waals surface area (Å²) < 4.78 is 0. The molecule has 4 aromatic carbocycles. The van der Waals surface area contributed by atoms with Crippen LogP contribution in [0.1, 0.15) is 105 Å². The molecule has 4 nitrogen and oxygen atoms in total. The van der Waals surface area contributed by atoms with Gasteiger partial charge in [0.2, 0.25) is 0 Å². The van der Waals surface area contributed by atoms with Crippen molar-refractivity contribution in [2.45, 2.75) is 115 Å². The minimum absolute atomic E-state index is 0.0700. The summed E-state index contributed by atoms with van der Waals surface area (Å²) in [6.07, 6.45) is 0. The first kappa shape index (κ1) is 35.6. The van der Waals surface area contributed by atoms with Gasteiger partial charge in [-0.25, -0.2) is 0 Å². The minimum Gasteiger partial charge on any atom is -0.505 e. The van der Waals surface area contributed by atoms with E-state index in [-0.39, 0.29) is 33.2 Å². The van der Waals surface area contributed by atoms with E-state index >= 15 is 0 Å². The van der Waals surface area contributed by atoms with E-state index in [4.69, 9.17) is 0 Å². The zero-order valence-corrected chi connectivity index (χ0v) is 31.3. The summed E-state index contributed by atoms with van der Waals surface area (Å²) in [5.41, 5.74) is 6.91. The summed E-state index contributed by atoms with van der Waals surface area (Å²) in [6.45, 7) is 26.0. The van der Waals surface area contributed by atoms with Crippen LogP contribution in [0.15, 0.2) is 82.6 Å². The number of benzene rings is 4. The van der Waals surface area contributed by atoms with Crippen LogP contribution in [-0.4, -0.2) is 10.2 Å². The van der Waals surface area contributed by atoms with E-state index in [1.165, 1.54) is 11.1 Å². The number of rotatable bonds is 7. The molecule has 4 aromatic rings. The van der Waals surface area contributed by atoms with Crippen molar-refractivity contribution < 1.29 is 10.2 Å². The van der Waals surface area contributed by atoms with Crippen LogP contribution in [0.3, 0.4) is 0 Å². The minimum atomic E-state index is -0.211. The Hall–Kier alpha value is -3.22. The fraction of sp³-hybridized carbons (Fsp3) is 0.400. The molecule has 6 heteroatoms. The van der Waals surface area contributed by atoms with E-state index in [0.29, 0.717) is 11.4 Å². The summed E-state index contributed by atoms with van der Waals surface area (Å²) in [6, 6.07) is 24.8. The lowest BCUT2D eigenvalue weighted by Gasteiger charge is -2.28. The Balaban J connectivity index is 1.66. The zero-order chi connectivity index (χ0) is 34.2. The summed E-state index contributed by atoms with van der Waals surface area (Å²) in [4.78, 5) is 2.10. The first-order chi connectivity index (χ1) is 21.2. The molecule has 0 aliphatic rings. The van der Waals surface area contributed by atoms with Gasteiger partial charge in [0.15, 0.2) is 0 Å². The van der Waals surface area contributed by atoms with Gasteiger partial charge < -0.3 is 20.8 Å². The molecule has 0 spiro atoms. The Morgan fingerprint density at radius 3 is 1.07 bits per heavy atom. The number of anilines is 4. The van der Waals surface area contributed by atoms with Crippen LogP contribution >= 0.6 is 21.6 Å². The Kier molecular flexibility index (Phi) is 10.2. The maximum absolute atomic E-state index is 11.4. The average molecular weight is 657 g/mol. The molecular weight excluding hydrogens is 605 g/mol. The third-order valence-electron chi connectivity index (χ3n) is 8.10. The molecule has 246 valence electrons. The summed E-state index contributed by atoms with van der Waals surface area (Å²) >= 11 is 0. The van der Waals surface area contributed by atoms with Gasteiger partial charge in [-0.15, -0.1) is 0 Å². The van der Waals surface area contributed by atoms with Crippen molar-refractivity contribution >= 4 is 44.3 Å². The van der Waals surface area contributed by atoms with E-state index in [2.05, 4.69) is 142 Å². The molecule has 0 fully saturated rings. The van der Waals surface area contributed by atoms with Gasteiger partial charge in [-0.3, -0.25) is 0 Å². The first-order valence-corrected chi connectivity index (χ1v) is 18.1. The number of hydrogen-bond donors (Lipinski definition) is 4. The largest absolute Gasteiger partial charge is 0.505 e. The second-order valence-electron chi connectivity index (χ2n) is 16.2. The van der Waals surface area contributed by atoms with Gasteiger partial charge in [0.25, 0.3) is 0 Å². The van der Waals surface area contributed by atoms with Gasteiger partial charge in [0.1, 0.15) is 11.5 Å². The van der Waals surface area contributed by atoms with Crippen molar-refractivity contribution in [2.75, 3.05) is 10.6 Å². The van der Waals surface area contributed by atoms with Gasteiger partial charge in [-0.05, 0) is 69.2 Å². The molecule has 4 rings (SSSR count). The van der Waals surface area contributed by atoms with E-state index in [1.54, 1.807) is 21.6 Å². The van der Waals surface area contributed by atoms with Crippen molar-refractivity contribution in [3.63, 3.8) is 0 Å². The Morgan fingerprint density at radius 2 is 0.761 bits per heavy atom. The van der Waals surface area contributed by atoms with Crippen LogP contribution in [-0.2, 0) is 21.7 Å².